The van der Waals surface area contributed by atoms with Gasteiger partial charge in [0.2, 0.25) is 10.0 Å². The first-order chi connectivity index (χ1) is 11.5. The Bertz CT molecular complexity index is 1020. The molecule has 2 aromatic rings. The van der Waals surface area contributed by atoms with Crippen molar-refractivity contribution in [3.05, 3.63) is 46.7 Å². The lowest BCUT2D eigenvalue weighted by Crippen LogP contribution is -2.23. The summed E-state index contributed by atoms with van der Waals surface area (Å²) in [5.74, 6) is 0. The molecule has 0 unspecified atom stereocenters. The van der Waals surface area contributed by atoms with Crippen LogP contribution >= 0.6 is 11.6 Å². The minimum atomic E-state index is -4.02. The lowest BCUT2D eigenvalue weighted by atomic mass is 10.1. The van der Waals surface area contributed by atoms with Crippen molar-refractivity contribution in [1.82, 2.24) is 9.29 Å². The van der Waals surface area contributed by atoms with E-state index in [0.29, 0.717) is 11.1 Å². The largest absolute Gasteiger partial charge is 0.279 e. The van der Waals surface area contributed by atoms with Crippen LogP contribution in [0.5, 0.6) is 0 Å². The summed E-state index contributed by atoms with van der Waals surface area (Å²) in [7, 11) is -4.91. The smallest absolute Gasteiger partial charge is 0.264 e. The maximum Gasteiger partial charge on any atom is 0.264 e. The van der Waals surface area contributed by atoms with Crippen LogP contribution in [0.15, 0.2) is 40.3 Å². The van der Waals surface area contributed by atoms with Crippen LogP contribution in [0.4, 0.5) is 5.69 Å². The molecular weight excluding hydrogens is 386 g/mol. The van der Waals surface area contributed by atoms with Crippen molar-refractivity contribution in [2.24, 2.45) is 0 Å². The molecule has 0 aliphatic heterocycles. The van der Waals surface area contributed by atoms with Crippen LogP contribution in [-0.4, -0.2) is 40.2 Å². The molecule has 0 saturated heterocycles. The minimum absolute atomic E-state index is 0.00409. The monoisotopic (exact) mass is 403 g/mol. The Kier molecular flexibility index (Phi) is 5.43. The molecule has 0 saturated carbocycles. The van der Waals surface area contributed by atoms with E-state index in [0.717, 1.165) is 4.31 Å². The number of nitrogens with zero attached hydrogens (tertiary/aromatic N) is 2. The van der Waals surface area contributed by atoms with E-state index < -0.39 is 20.0 Å². The van der Waals surface area contributed by atoms with Gasteiger partial charge >= 0.3 is 0 Å². The number of aryl methyl sites for hydroxylation is 1. The fraction of sp³-hybridized carbons (Fsp3) is 0.267. The van der Waals surface area contributed by atoms with Crippen molar-refractivity contribution in [1.29, 1.82) is 0 Å². The van der Waals surface area contributed by atoms with Gasteiger partial charge in [0.25, 0.3) is 10.0 Å². The summed E-state index contributed by atoms with van der Waals surface area (Å²) in [6, 6.07) is 5.56. The van der Waals surface area contributed by atoms with Gasteiger partial charge in [-0.2, -0.15) is 0 Å². The van der Waals surface area contributed by atoms with Crippen LogP contribution in [0, 0.1) is 13.8 Å². The Hall–Kier alpha value is -1.68. The number of hydrogen-bond acceptors (Lipinski definition) is 5. The molecule has 2 rings (SSSR count). The molecule has 0 fully saturated rings. The van der Waals surface area contributed by atoms with Gasteiger partial charge in [0.1, 0.15) is 10.0 Å². The molecule has 0 amide bonds. The molecule has 0 atom stereocenters. The lowest BCUT2D eigenvalue weighted by molar-refractivity contribution is 0.520. The van der Waals surface area contributed by atoms with Crippen LogP contribution in [0.3, 0.4) is 0 Å². The number of halogens is 1. The van der Waals surface area contributed by atoms with Crippen molar-refractivity contribution in [3.63, 3.8) is 0 Å². The third kappa shape index (κ3) is 3.95. The number of rotatable bonds is 5. The number of sulfonamides is 2. The quantitative estimate of drug-likeness (QED) is 0.773. The van der Waals surface area contributed by atoms with Gasteiger partial charge in [0, 0.05) is 20.3 Å². The zero-order valence-corrected chi connectivity index (χ0v) is 16.5. The molecule has 1 aromatic heterocycles. The van der Waals surface area contributed by atoms with Crippen LogP contribution in [0.1, 0.15) is 11.1 Å². The number of pyridine rings is 1. The first kappa shape index (κ1) is 19.6. The van der Waals surface area contributed by atoms with Crippen LogP contribution in [0.25, 0.3) is 0 Å². The van der Waals surface area contributed by atoms with E-state index in [1.807, 2.05) is 0 Å². The summed E-state index contributed by atoms with van der Waals surface area (Å²) in [6.45, 7) is 3.41. The molecule has 1 heterocycles. The van der Waals surface area contributed by atoms with Gasteiger partial charge < -0.3 is 0 Å². The molecule has 0 radical (unpaired) electrons. The molecule has 10 heteroatoms. The standard InChI is InChI=1S/C15H18ClN3O4S2/c1-10-8-12(25(22,23)19(3)4)9-13(11(10)2)18-24(20,21)14-6-5-7-17-15(14)16/h5-9,18H,1-4H3. The van der Waals surface area contributed by atoms with Gasteiger partial charge in [-0.3, -0.25) is 4.72 Å². The second-order valence-electron chi connectivity index (χ2n) is 5.60. The summed E-state index contributed by atoms with van der Waals surface area (Å²) in [5, 5.41) is -0.165. The zero-order valence-electron chi connectivity index (χ0n) is 14.1. The molecular formula is C15H18ClN3O4S2. The van der Waals surface area contributed by atoms with E-state index in [1.54, 1.807) is 13.8 Å². The average Bonchev–Trinajstić information content (AvgIpc) is 2.51. The zero-order chi connectivity index (χ0) is 19.0. The van der Waals surface area contributed by atoms with Gasteiger partial charge in [-0.1, -0.05) is 11.6 Å². The van der Waals surface area contributed by atoms with Crippen molar-refractivity contribution < 1.29 is 16.8 Å². The summed E-state index contributed by atoms with van der Waals surface area (Å²) >= 11 is 5.86. The van der Waals surface area contributed by atoms with Gasteiger partial charge in [-0.05, 0) is 49.2 Å². The number of benzene rings is 1. The van der Waals surface area contributed by atoms with E-state index in [1.165, 1.54) is 44.6 Å². The summed E-state index contributed by atoms with van der Waals surface area (Å²) in [6.07, 6.45) is 1.38. The van der Waals surface area contributed by atoms with Gasteiger partial charge in [-0.15, -0.1) is 0 Å². The van der Waals surface area contributed by atoms with E-state index in [4.69, 9.17) is 11.6 Å². The normalized spacial score (nSPS) is 12.4. The number of anilines is 1. The molecule has 0 aliphatic rings. The lowest BCUT2D eigenvalue weighted by Gasteiger charge is -2.17. The van der Waals surface area contributed by atoms with Crippen molar-refractivity contribution in [2.45, 2.75) is 23.6 Å². The van der Waals surface area contributed by atoms with Crippen molar-refractivity contribution in [3.8, 4) is 0 Å². The fourth-order valence-electron chi connectivity index (χ4n) is 2.06. The number of hydrogen-bond donors (Lipinski definition) is 1. The Morgan fingerprint density at radius 2 is 1.76 bits per heavy atom. The molecule has 0 aliphatic carbocycles. The minimum Gasteiger partial charge on any atom is -0.279 e. The first-order valence-electron chi connectivity index (χ1n) is 7.14. The highest BCUT2D eigenvalue weighted by Gasteiger charge is 2.23. The average molecular weight is 404 g/mol. The SMILES string of the molecule is Cc1cc(S(=O)(=O)N(C)C)cc(NS(=O)(=O)c2cccnc2Cl)c1C. The molecule has 136 valence electrons. The molecule has 0 bridgehead atoms. The Balaban J connectivity index is 2.57. The Labute approximate surface area is 152 Å². The highest BCUT2D eigenvalue weighted by molar-refractivity contribution is 7.92. The molecule has 7 nitrogen and oxygen atoms in total. The Morgan fingerprint density at radius 1 is 1.12 bits per heavy atom. The molecule has 25 heavy (non-hydrogen) atoms. The van der Waals surface area contributed by atoms with E-state index in [2.05, 4.69) is 9.71 Å². The maximum atomic E-state index is 12.6. The number of nitrogens with one attached hydrogen (secondary N) is 1. The predicted molar refractivity (Wildman–Crippen MR) is 96.8 cm³/mol. The van der Waals surface area contributed by atoms with Crippen LogP contribution in [-0.2, 0) is 20.0 Å². The summed E-state index contributed by atoms with van der Waals surface area (Å²) in [5.41, 5.74) is 1.42. The summed E-state index contributed by atoms with van der Waals surface area (Å²) in [4.78, 5) is 3.56. The van der Waals surface area contributed by atoms with Gasteiger partial charge in [0.15, 0.2) is 0 Å². The molecule has 0 spiro atoms. The first-order valence-corrected chi connectivity index (χ1v) is 10.4. The van der Waals surface area contributed by atoms with Crippen molar-refractivity contribution >= 4 is 37.3 Å². The third-order valence-corrected chi connectivity index (χ3v) is 7.28. The second kappa shape index (κ2) is 6.91. The van der Waals surface area contributed by atoms with E-state index >= 15 is 0 Å². The Morgan fingerprint density at radius 3 is 2.32 bits per heavy atom. The topological polar surface area (TPSA) is 96.4 Å². The summed E-state index contributed by atoms with van der Waals surface area (Å²) < 4.78 is 53.3. The predicted octanol–water partition coefficient (Wildman–Crippen LogP) is 2.40. The molecule has 1 N–H and O–H groups in total. The number of aromatic nitrogens is 1. The molecule has 1 aromatic carbocycles. The van der Waals surface area contributed by atoms with E-state index in [-0.39, 0.29) is 20.6 Å². The van der Waals surface area contributed by atoms with Crippen LogP contribution in [0.2, 0.25) is 5.15 Å². The maximum absolute atomic E-state index is 12.6. The highest BCUT2D eigenvalue weighted by atomic mass is 35.5. The highest BCUT2D eigenvalue weighted by Crippen LogP contribution is 2.28. The van der Waals surface area contributed by atoms with E-state index in [9.17, 15) is 16.8 Å². The van der Waals surface area contributed by atoms with Crippen molar-refractivity contribution in [2.75, 3.05) is 18.8 Å². The van der Waals surface area contributed by atoms with Crippen LogP contribution < -0.4 is 4.72 Å². The third-order valence-electron chi connectivity index (χ3n) is 3.68. The second-order valence-corrected chi connectivity index (χ2v) is 9.76. The fourth-order valence-corrected chi connectivity index (χ4v) is 4.65. The van der Waals surface area contributed by atoms with Gasteiger partial charge in [-0.25, -0.2) is 26.1 Å². The van der Waals surface area contributed by atoms with Gasteiger partial charge in [0.05, 0.1) is 10.6 Å².